The van der Waals surface area contributed by atoms with Crippen molar-refractivity contribution >= 4 is 23.1 Å². The molecule has 7 nitrogen and oxygen atoms in total. The summed E-state index contributed by atoms with van der Waals surface area (Å²) in [6.07, 6.45) is -1.43. The number of amides is 1. The molecule has 0 saturated heterocycles. The fourth-order valence-corrected chi connectivity index (χ4v) is 1.21. The van der Waals surface area contributed by atoms with Crippen molar-refractivity contribution in [3.63, 3.8) is 0 Å². The normalized spacial score (nSPS) is 12.9. The van der Waals surface area contributed by atoms with E-state index in [0.717, 1.165) is 0 Å². The largest absolute Gasteiger partial charge is 1.00 e. The molecule has 0 saturated carbocycles. The van der Waals surface area contributed by atoms with Crippen molar-refractivity contribution in [3.8, 4) is 0 Å². The summed E-state index contributed by atoms with van der Waals surface area (Å²) in [5.41, 5.74) is 0. The van der Waals surface area contributed by atoms with E-state index in [4.69, 9.17) is 0 Å². The van der Waals surface area contributed by atoms with E-state index in [1.54, 1.807) is 0 Å². The predicted octanol–water partition coefficient (Wildman–Crippen LogP) is -3.11. The van der Waals surface area contributed by atoms with Crippen molar-refractivity contribution in [2.24, 2.45) is 0 Å². The van der Waals surface area contributed by atoms with Gasteiger partial charge in [-0.2, -0.15) is 0 Å². The van der Waals surface area contributed by atoms with E-state index in [0.29, 0.717) is 6.42 Å². The van der Waals surface area contributed by atoms with Gasteiger partial charge in [-0.25, -0.2) is 4.79 Å². The van der Waals surface area contributed by atoms with Gasteiger partial charge in [0.2, 0.25) is 6.29 Å². The van der Waals surface area contributed by atoms with Crippen LogP contribution in [-0.2, 0) is 25.3 Å². The smallest absolute Gasteiger partial charge is 0.772 e. The first kappa shape index (κ1) is 19.2. The summed E-state index contributed by atoms with van der Waals surface area (Å²) in [6.45, 7) is 2.77. The summed E-state index contributed by atoms with van der Waals surface area (Å²) in [6, 6.07) is 0. The molecule has 0 fully saturated rings. The Morgan fingerprint density at radius 2 is 2.00 bits per heavy atom. The summed E-state index contributed by atoms with van der Waals surface area (Å²) < 4.78 is 29.4. The average molecular weight is 275 g/mol. The molecule has 94 valence electrons. The van der Waals surface area contributed by atoms with Crippen molar-refractivity contribution < 1.29 is 57.4 Å². The number of ether oxygens (including phenoxy) is 2. The zero-order chi connectivity index (χ0) is 12.6. The van der Waals surface area contributed by atoms with Crippen LogP contribution in [0, 0.1) is 0 Å². The molecule has 0 rings (SSSR count). The number of hydrogen-bond donors (Lipinski definition) is 1. The number of hydrogen-bond acceptors (Lipinski definition) is 6. The van der Waals surface area contributed by atoms with Crippen LogP contribution in [0.1, 0.15) is 20.3 Å². The fourth-order valence-electron chi connectivity index (χ4n) is 0.831. The predicted molar refractivity (Wildman–Crippen MR) is 54.1 cm³/mol. The van der Waals surface area contributed by atoms with Gasteiger partial charge in [-0.1, -0.05) is 11.1 Å². The molecule has 0 aliphatic carbocycles. The molecule has 0 heterocycles. The van der Waals surface area contributed by atoms with Crippen molar-refractivity contribution in [1.82, 2.24) is 5.32 Å². The molecule has 0 bridgehead atoms. The topological polar surface area (TPSA) is 105 Å². The van der Waals surface area contributed by atoms with Crippen LogP contribution in [0.2, 0.25) is 0 Å². The fraction of sp³-hybridized carbons (Fsp3) is 0.750. The third-order valence-electron chi connectivity index (χ3n) is 1.36. The maximum atomic E-state index is 11.0. The van der Waals surface area contributed by atoms with E-state index in [2.05, 4.69) is 14.8 Å². The number of esters is 1. The third-order valence-corrected chi connectivity index (χ3v) is 1.98. The molecular formula is C8H14NNaO6S. The van der Waals surface area contributed by atoms with Gasteiger partial charge in [-0.15, -0.1) is 0 Å². The molecular weight excluding hydrogens is 261 g/mol. The second-order valence-corrected chi connectivity index (χ2v) is 3.89. The van der Waals surface area contributed by atoms with Gasteiger partial charge >= 0.3 is 41.6 Å². The van der Waals surface area contributed by atoms with E-state index in [-0.39, 0.29) is 41.9 Å². The Bertz CT molecular complexity index is 275. The van der Waals surface area contributed by atoms with Gasteiger partial charge in [0.05, 0.1) is 0 Å². The molecule has 0 aliphatic rings. The van der Waals surface area contributed by atoms with Crippen molar-refractivity contribution in [2.75, 3.05) is 12.3 Å². The van der Waals surface area contributed by atoms with E-state index in [1.807, 2.05) is 0 Å². The Labute approximate surface area is 124 Å². The first-order valence-electron chi connectivity index (χ1n) is 4.59. The first-order valence-corrected chi connectivity index (χ1v) is 5.83. The molecule has 0 spiro atoms. The zero-order valence-electron chi connectivity index (χ0n) is 10.1. The van der Waals surface area contributed by atoms with Crippen molar-refractivity contribution in [1.29, 1.82) is 0 Å². The maximum absolute atomic E-state index is 11.0. The van der Waals surface area contributed by atoms with Crippen LogP contribution in [-0.4, -0.2) is 39.4 Å². The quantitative estimate of drug-likeness (QED) is 0.181. The second kappa shape index (κ2) is 11.0. The molecule has 0 aliphatic heterocycles. The molecule has 2 unspecified atom stereocenters. The van der Waals surface area contributed by atoms with Crippen LogP contribution in [0.4, 0.5) is 4.79 Å². The number of alkyl carbamates (subject to hydrolysis) is 1. The summed E-state index contributed by atoms with van der Waals surface area (Å²) in [5, 5.41) is 2.32. The monoisotopic (exact) mass is 275 g/mol. The Balaban J connectivity index is 0. The Morgan fingerprint density at radius 1 is 1.41 bits per heavy atom. The van der Waals surface area contributed by atoms with Gasteiger partial charge in [0.15, 0.2) is 0 Å². The van der Waals surface area contributed by atoms with Gasteiger partial charge in [0.1, 0.15) is 0 Å². The van der Waals surface area contributed by atoms with Crippen LogP contribution < -0.4 is 34.9 Å². The SMILES string of the molecule is CC(=O)OC(C)OC(=O)NCCCS(=O)[O-].[Na+]. The maximum Gasteiger partial charge on any atom is 1.00 e. The molecule has 2 atom stereocenters. The summed E-state index contributed by atoms with van der Waals surface area (Å²) >= 11 is -2.11. The van der Waals surface area contributed by atoms with Crippen LogP contribution in [0.25, 0.3) is 0 Å². The second-order valence-electron chi connectivity index (χ2n) is 2.87. The molecule has 0 aromatic rings. The number of carbonyl (C=O) groups is 2. The van der Waals surface area contributed by atoms with E-state index in [1.165, 1.54) is 13.8 Å². The minimum Gasteiger partial charge on any atom is -0.772 e. The Kier molecular flexibility index (Phi) is 12.4. The molecule has 0 aromatic carbocycles. The third kappa shape index (κ3) is 13.8. The molecule has 17 heavy (non-hydrogen) atoms. The van der Waals surface area contributed by atoms with Gasteiger partial charge < -0.3 is 19.3 Å². The van der Waals surface area contributed by atoms with Gasteiger partial charge in [0.25, 0.3) is 0 Å². The molecule has 0 aromatic heterocycles. The first-order chi connectivity index (χ1) is 7.41. The van der Waals surface area contributed by atoms with Crippen LogP contribution >= 0.6 is 0 Å². The zero-order valence-corrected chi connectivity index (χ0v) is 12.9. The Morgan fingerprint density at radius 3 is 2.47 bits per heavy atom. The molecule has 9 heteroatoms. The van der Waals surface area contributed by atoms with Crippen LogP contribution in [0.15, 0.2) is 0 Å². The van der Waals surface area contributed by atoms with Gasteiger partial charge in [0, 0.05) is 26.1 Å². The summed E-state index contributed by atoms with van der Waals surface area (Å²) in [7, 11) is 0. The van der Waals surface area contributed by atoms with Crippen molar-refractivity contribution in [3.05, 3.63) is 0 Å². The molecule has 1 amide bonds. The molecule has 0 radical (unpaired) electrons. The minimum atomic E-state index is -2.11. The number of rotatable bonds is 6. The van der Waals surface area contributed by atoms with Crippen LogP contribution in [0.5, 0.6) is 0 Å². The average Bonchev–Trinajstić information content (AvgIpc) is 2.10. The number of nitrogens with one attached hydrogen (secondary N) is 1. The molecule has 1 N–H and O–H groups in total. The summed E-state index contributed by atoms with van der Waals surface area (Å²) in [4.78, 5) is 21.5. The van der Waals surface area contributed by atoms with E-state index in [9.17, 15) is 18.4 Å². The standard InChI is InChI=1S/C8H15NO6S.Na/c1-6(10)14-7(2)15-8(11)9-4-3-5-16(12)13;/h7H,3-5H2,1-2H3,(H,9,11)(H,12,13);/q;+1/p-1. The van der Waals surface area contributed by atoms with Crippen LogP contribution in [0.3, 0.4) is 0 Å². The number of carbonyl (C=O) groups excluding carboxylic acids is 2. The Hall–Kier alpha value is -0.150. The summed E-state index contributed by atoms with van der Waals surface area (Å²) in [5.74, 6) is -0.582. The van der Waals surface area contributed by atoms with E-state index < -0.39 is 29.4 Å². The van der Waals surface area contributed by atoms with Gasteiger partial charge in [-0.3, -0.25) is 9.00 Å². The minimum absolute atomic E-state index is 0. The van der Waals surface area contributed by atoms with Crippen molar-refractivity contribution in [2.45, 2.75) is 26.6 Å². The van der Waals surface area contributed by atoms with E-state index >= 15 is 0 Å². The van der Waals surface area contributed by atoms with Gasteiger partial charge in [-0.05, 0) is 6.42 Å².